The van der Waals surface area contributed by atoms with E-state index < -0.39 is 12.0 Å². The van der Waals surface area contributed by atoms with Crippen molar-refractivity contribution in [3.05, 3.63) is 58.7 Å². The third-order valence-electron chi connectivity index (χ3n) is 9.79. The molecule has 2 aliphatic carbocycles. The molecule has 2 N–H and O–H groups in total. The molecule has 5 atom stereocenters. The number of amides is 2. The number of fused-ring (bicyclic) bond motifs is 1. The van der Waals surface area contributed by atoms with Crippen LogP contribution >= 0.6 is 0 Å². The number of esters is 2. The molecule has 1 heterocycles. The lowest BCUT2D eigenvalue weighted by atomic mass is 9.69. The lowest BCUT2D eigenvalue weighted by Crippen LogP contribution is -2.50. The van der Waals surface area contributed by atoms with E-state index in [1.807, 2.05) is 13.0 Å². The van der Waals surface area contributed by atoms with Crippen molar-refractivity contribution in [3.8, 4) is 0 Å². The van der Waals surface area contributed by atoms with Crippen molar-refractivity contribution in [2.45, 2.75) is 144 Å². The molecule has 14 heteroatoms. The molecule has 0 radical (unpaired) electrons. The van der Waals surface area contributed by atoms with Crippen molar-refractivity contribution in [2.75, 3.05) is 13.2 Å². The van der Waals surface area contributed by atoms with Crippen LogP contribution in [-0.2, 0) is 47.7 Å². The molecule has 56 heavy (non-hydrogen) atoms. The molecule has 0 aromatic heterocycles. The maximum atomic E-state index is 12.9. The first-order valence-electron chi connectivity index (χ1n) is 19.3. The Hall–Kier alpha value is -4.58. The molecule has 0 spiro atoms. The second kappa shape index (κ2) is 24.8. The Labute approximate surface area is 330 Å². The summed E-state index contributed by atoms with van der Waals surface area (Å²) >= 11 is 0. The minimum atomic E-state index is -0.434. The van der Waals surface area contributed by atoms with Crippen molar-refractivity contribution in [1.82, 2.24) is 4.90 Å². The van der Waals surface area contributed by atoms with E-state index >= 15 is 0 Å². The fraction of sp³-hybridized carbons (Fsp3) is 0.619. The second-order valence-electron chi connectivity index (χ2n) is 14.5. The van der Waals surface area contributed by atoms with Gasteiger partial charge in [0.15, 0.2) is 0 Å². The van der Waals surface area contributed by atoms with Crippen LogP contribution in [0.2, 0.25) is 0 Å². The van der Waals surface area contributed by atoms with Crippen molar-refractivity contribution in [2.24, 2.45) is 17.1 Å². The maximum absolute atomic E-state index is 12.9. The van der Waals surface area contributed by atoms with Gasteiger partial charge in [0, 0.05) is 35.6 Å². The summed E-state index contributed by atoms with van der Waals surface area (Å²) in [6.07, 6.45) is 8.98. The summed E-state index contributed by atoms with van der Waals surface area (Å²) < 4.78 is 22.7. The van der Waals surface area contributed by atoms with E-state index in [4.69, 9.17) is 43.9 Å². The van der Waals surface area contributed by atoms with Gasteiger partial charge in [-0.1, -0.05) is 60.6 Å². The van der Waals surface area contributed by atoms with Crippen LogP contribution in [0, 0.1) is 11.3 Å². The van der Waals surface area contributed by atoms with Crippen molar-refractivity contribution in [1.29, 1.82) is 0 Å². The molecule has 14 nitrogen and oxygen atoms in total. The number of rotatable bonds is 13. The van der Waals surface area contributed by atoms with Crippen LogP contribution < -0.4 is 5.73 Å². The summed E-state index contributed by atoms with van der Waals surface area (Å²) in [5, 5.41) is 0. The summed E-state index contributed by atoms with van der Waals surface area (Å²) in [6, 6.07) is 6.30. The first-order valence-corrected chi connectivity index (χ1v) is 19.3. The Morgan fingerprint density at radius 3 is 1.59 bits per heavy atom. The number of benzene rings is 1. The highest BCUT2D eigenvalue weighted by Gasteiger charge is 2.44. The molecule has 1 aromatic carbocycles. The van der Waals surface area contributed by atoms with Gasteiger partial charge in [-0.05, 0) is 82.1 Å². The SMILES string of the molecule is CCOC(=O)C1=C[C@@H](OC(CC)CC)C[C@@H](N2C(=O)c3ccccc3C2=O)C1.CCOC(=O)C1=C[C@@H](OC(CC)CC)[C@H](C(C)(C)C)[C@@H](N)C1.O=C=O.O=C=O. The minimum Gasteiger partial charge on any atom is -0.463 e. The lowest BCUT2D eigenvalue weighted by Gasteiger charge is -2.43. The Morgan fingerprint density at radius 2 is 1.18 bits per heavy atom. The predicted molar refractivity (Wildman–Crippen MR) is 203 cm³/mol. The van der Waals surface area contributed by atoms with Crippen LogP contribution in [0.4, 0.5) is 0 Å². The molecule has 0 bridgehead atoms. The molecule has 0 fully saturated rings. The number of imide groups is 1. The normalized spacial score (nSPS) is 21.4. The van der Waals surface area contributed by atoms with Crippen LogP contribution in [0.25, 0.3) is 0 Å². The van der Waals surface area contributed by atoms with Crippen molar-refractivity contribution < 1.29 is 57.3 Å². The number of nitrogens with zero attached hydrogens (tertiary/aromatic N) is 1. The van der Waals surface area contributed by atoms with Gasteiger partial charge in [-0.3, -0.25) is 14.5 Å². The molecular weight excluding hydrogens is 724 g/mol. The smallest absolute Gasteiger partial charge is 0.373 e. The first-order chi connectivity index (χ1) is 26.6. The van der Waals surface area contributed by atoms with Crippen LogP contribution in [0.15, 0.2) is 47.6 Å². The Kier molecular flexibility index (Phi) is 21.9. The van der Waals surface area contributed by atoms with Crippen molar-refractivity contribution >= 4 is 36.1 Å². The van der Waals surface area contributed by atoms with E-state index in [1.165, 1.54) is 4.90 Å². The van der Waals surface area contributed by atoms with Gasteiger partial charge in [0.05, 0.1) is 48.8 Å². The van der Waals surface area contributed by atoms with E-state index in [0.717, 1.165) is 25.7 Å². The van der Waals surface area contributed by atoms with Crippen LogP contribution in [0.3, 0.4) is 0 Å². The topological polar surface area (TPSA) is 203 Å². The molecule has 310 valence electrons. The van der Waals surface area contributed by atoms with Gasteiger partial charge in [0.25, 0.3) is 11.8 Å². The zero-order valence-corrected chi connectivity index (χ0v) is 34.3. The first kappa shape index (κ1) is 49.4. The summed E-state index contributed by atoms with van der Waals surface area (Å²) in [6.45, 7) is 19.1. The number of carbonyl (C=O) groups is 4. The average Bonchev–Trinajstić information content (AvgIpc) is 3.41. The highest BCUT2D eigenvalue weighted by molar-refractivity contribution is 6.21. The Morgan fingerprint density at radius 1 is 0.750 bits per heavy atom. The van der Waals surface area contributed by atoms with Crippen LogP contribution in [0.1, 0.15) is 128 Å². The molecule has 3 aliphatic rings. The fourth-order valence-corrected chi connectivity index (χ4v) is 7.23. The number of carbonyl (C=O) groups excluding carboxylic acids is 8. The lowest BCUT2D eigenvalue weighted by molar-refractivity contribution is -0.193. The van der Waals surface area contributed by atoms with Gasteiger partial charge in [-0.15, -0.1) is 0 Å². The Bertz CT molecular complexity index is 1530. The average molecular weight is 785 g/mol. The monoisotopic (exact) mass is 784 g/mol. The standard InChI is InChI=1S/C22H27NO5.C18H33NO3.2CO2/c1-4-16(5-2)28-17-12-14(22(26)27-6-3)11-15(13-17)23-20(24)18-9-7-8-10-19(18)21(23)25;1-7-13(8-2)22-15-11-12(17(20)21-9-3)10-14(19)16(15)18(4,5)6;2*2-1-3/h7-10,12,15-17H,4-6,11,13H2,1-3H3;11,13-16H,7-10,19H2,1-6H3;;/t15-,17+;14-,15+,16+;;/m00../s1. The molecule has 0 unspecified atom stereocenters. The van der Waals surface area contributed by atoms with E-state index in [9.17, 15) is 19.2 Å². The van der Waals surface area contributed by atoms with Crippen LogP contribution in [0.5, 0.6) is 0 Å². The van der Waals surface area contributed by atoms with Gasteiger partial charge in [-0.25, -0.2) is 9.59 Å². The molecule has 4 rings (SSSR count). The van der Waals surface area contributed by atoms with Gasteiger partial charge in [0.1, 0.15) is 0 Å². The van der Waals surface area contributed by atoms with E-state index in [1.54, 1.807) is 37.3 Å². The highest BCUT2D eigenvalue weighted by atomic mass is 16.5. The van der Waals surface area contributed by atoms with E-state index in [2.05, 4.69) is 48.5 Å². The molecule has 0 saturated heterocycles. The third-order valence-corrected chi connectivity index (χ3v) is 9.79. The third kappa shape index (κ3) is 14.2. The van der Waals surface area contributed by atoms with Crippen LogP contribution in [-0.4, -0.2) is 90.7 Å². The zero-order chi connectivity index (χ0) is 42.6. The number of nitrogens with two attached hydrogens (primary N) is 1. The summed E-state index contributed by atoms with van der Waals surface area (Å²) in [7, 11) is 0. The zero-order valence-electron chi connectivity index (χ0n) is 34.3. The molecule has 1 aromatic rings. The van der Waals surface area contributed by atoms with E-state index in [0.29, 0.717) is 41.7 Å². The maximum Gasteiger partial charge on any atom is 0.373 e. The summed E-state index contributed by atoms with van der Waals surface area (Å²) in [4.78, 5) is 84.0. The highest BCUT2D eigenvalue weighted by Crippen LogP contribution is 2.39. The Balaban J connectivity index is 0.000000502. The molecule has 0 saturated carbocycles. The minimum absolute atomic E-state index is 0.0206. The van der Waals surface area contributed by atoms with E-state index in [-0.39, 0.29) is 84.9 Å². The largest absolute Gasteiger partial charge is 0.463 e. The summed E-state index contributed by atoms with van der Waals surface area (Å²) in [5.41, 5.74) is 8.38. The fourth-order valence-electron chi connectivity index (χ4n) is 7.23. The number of hydrogen-bond donors (Lipinski definition) is 1. The van der Waals surface area contributed by atoms with Gasteiger partial charge in [0.2, 0.25) is 0 Å². The number of hydrogen-bond acceptors (Lipinski definition) is 13. The second-order valence-corrected chi connectivity index (χ2v) is 14.5. The molecule has 1 aliphatic heterocycles. The molecular formula is C42H60N2O12. The molecule has 2 amide bonds. The number of ether oxygens (including phenoxy) is 4. The van der Waals surface area contributed by atoms with Gasteiger partial charge in [-0.2, -0.15) is 19.2 Å². The van der Waals surface area contributed by atoms with Crippen molar-refractivity contribution in [3.63, 3.8) is 0 Å². The summed E-state index contributed by atoms with van der Waals surface area (Å²) in [5.74, 6) is -1.11. The van der Waals surface area contributed by atoms with Gasteiger partial charge < -0.3 is 24.7 Å². The predicted octanol–water partition coefficient (Wildman–Crippen LogP) is 5.78. The van der Waals surface area contributed by atoms with Gasteiger partial charge >= 0.3 is 24.2 Å². The quantitative estimate of drug-likeness (QED) is 0.186.